The molecule has 0 spiro atoms. The molecule has 0 aliphatic carbocycles. The summed E-state index contributed by atoms with van der Waals surface area (Å²) in [4.78, 5) is 11.0. The van der Waals surface area contributed by atoms with E-state index in [1.54, 1.807) is 24.3 Å². The lowest BCUT2D eigenvalue weighted by Crippen LogP contribution is -2.02. The van der Waals surface area contributed by atoms with Crippen LogP contribution in [0.15, 0.2) is 24.3 Å². The average molecular weight is 255 g/mol. The predicted molar refractivity (Wildman–Crippen MR) is 61.1 cm³/mol. The van der Waals surface area contributed by atoms with Gasteiger partial charge in [-0.2, -0.15) is 0 Å². The zero-order chi connectivity index (χ0) is 11.5. The van der Waals surface area contributed by atoms with Gasteiger partial charge in [-0.15, -0.1) is 10.2 Å². The maximum absolute atomic E-state index is 11.0. The molecule has 1 aromatic heterocycles. The monoisotopic (exact) mass is 254 g/mol. The highest BCUT2D eigenvalue weighted by Crippen LogP contribution is 2.20. The van der Waals surface area contributed by atoms with Crippen LogP contribution in [0, 0.1) is 0 Å². The van der Waals surface area contributed by atoms with Gasteiger partial charge in [-0.1, -0.05) is 29.5 Å². The van der Waals surface area contributed by atoms with E-state index in [4.69, 9.17) is 16.7 Å². The van der Waals surface area contributed by atoms with E-state index in [9.17, 15) is 4.79 Å². The first-order valence-electron chi connectivity index (χ1n) is 4.46. The van der Waals surface area contributed by atoms with Gasteiger partial charge < -0.3 is 5.11 Å². The Morgan fingerprint density at radius 3 is 2.75 bits per heavy atom. The maximum Gasteiger partial charge on any atom is 0.335 e. The molecule has 0 unspecified atom stereocenters. The molecule has 0 amide bonds. The number of carboxylic acids is 1. The molecule has 1 N–H and O–H groups in total. The van der Waals surface area contributed by atoms with Crippen LogP contribution in [0.4, 0.5) is 0 Å². The quantitative estimate of drug-likeness (QED) is 0.914. The van der Waals surface area contributed by atoms with Crippen LogP contribution in [-0.4, -0.2) is 21.3 Å². The first kappa shape index (κ1) is 11.0. The first-order valence-corrected chi connectivity index (χ1v) is 5.65. The molecule has 0 atom stereocenters. The molecule has 0 saturated carbocycles. The van der Waals surface area contributed by atoms with Gasteiger partial charge in [0.2, 0.25) is 4.47 Å². The van der Waals surface area contributed by atoms with Gasteiger partial charge in [-0.25, -0.2) is 4.79 Å². The summed E-state index contributed by atoms with van der Waals surface area (Å²) in [5.41, 5.74) is 0.997. The SMILES string of the molecule is O=C(O)c1ccccc1Cc1nnc(Cl)s1. The molecular weight excluding hydrogens is 248 g/mol. The fourth-order valence-electron chi connectivity index (χ4n) is 1.35. The molecule has 2 aromatic rings. The number of aromatic nitrogens is 2. The van der Waals surface area contributed by atoms with Gasteiger partial charge in [0.25, 0.3) is 0 Å². The molecule has 2 rings (SSSR count). The Hall–Kier alpha value is -1.46. The summed E-state index contributed by atoms with van der Waals surface area (Å²) in [5.74, 6) is -0.939. The highest BCUT2D eigenvalue weighted by molar-refractivity contribution is 7.15. The van der Waals surface area contributed by atoms with Crippen LogP contribution in [-0.2, 0) is 6.42 Å². The normalized spacial score (nSPS) is 10.3. The number of rotatable bonds is 3. The van der Waals surface area contributed by atoms with Crippen LogP contribution in [0.3, 0.4) is 0 Å². The number of carbonyl (C=O) groups is 1. The topological polar surface area (TPSA) is 63.1 Å². The lowest BCUT2D eigenvalue weighted by atomic mass is 10.1. The van der Waals surface area contributed by atoms with Crippen LogP contribution in [0.25, 0.3) is 0 Å². The maximum atomic E-state index is 11.0. The van der Waals surface area contributed by atoms with Crippen molar-refractivity contribution in [2.24, 2.45) is 0 Å². The standard InChI is InChI=1S/C10H7ClN2O2S/c11-10-13-12-8(16-10)5-6-3-1-2-4-7(6)9(14)15/h1-4H,5H2,(H,14,15). The second kappa shape index (κ2) is 4.59. The van der Waals surface area contributed by atoms with Gasteiger partial charge in [0, 0.05) is 6.42 Å². The fraction of sp³-hybridized carbons (Fsp3) is 0.100. The van der Waals surface area contributed by atoms with Gasteiger partial charge in [0.15, 0.2) is 0 Å². The van der Waals surface area contributed by atoms with E-state index in [1.807, 2.05) is 0 Å². The Labute approximate surface area is 101 Å². The largest absolute Gasteiger partial charge is 0.478 e. The van der Waals surface area contributed by atoms with Gasteiger partial charge >= 0.3 is 5.97 Å². The molecule has 0 aliphatic heterocycles. The lowest BCUT2D eigenvalue weighted by Gasteiger charge is -2.02. The second-order valence-corrected chi connectivity index (χ2v) is 4.73. The number of benzene rings is 1. The molecule has 0 aliphatic rings. The number of halogens is 1. The minimum absolute atomic E-state index is 0.286. The van der Waals surface area contributed by atoms with Crippen molar-refractivity contribution < 1.29 is 9.90 Å². The molecule has 4 nitrogen and oxygen atoms in total. The summed E-state index contributed by atoms with van der Waals surface area (Å²) in [5, 5.41) is 17.2. The van der Waals surface area contributed by atoms with Crippen LogP contribution < -0.4 is 0 Å². The summed E-state index contributed by atoms with van der Waals surface area (Å²) in [6, 6.07) is 6.82. The van der Waals surface area contributed by atoms with Crippen LogP contribution in [0.1, 0.15) is 20.9 Å². The summed E-state index contributed by atoms with van der Waals surface area (Å²) < 4.78 is 0.364. The van der Waals surface area contributed by atoms with Gasteiger partial charge in [-0.05, 0) is 23.2 Å². The molecule has 0 bridgehead atoms. The zero-order valence-electron chi connectivity index (χ0n) is 8.05. The number of aromatic carboxylic acids is 1. The van der Waals surface area contributed by atoms with E-state index in [0.717, 1.165) is 0 Å². The Kier molecular flexibility index (Phi) is 3.17. The van der Waals surface area contributed by atoms with Gasteiger partial charge in [-0.3, -0.25) is 0 Å². The van der Waals surface area contributed by atoms with E-state index in [0.29, 0.717) is 21.5 Å². The smallest absolute Gasteiger partial charge is 0.335 e. The number of hydrogen-bond acceptors (Lipinski definition) is 4. The van der Waals surface area contributed by atoms with E-state index in [-0.39, 0.29) is 5.56 Å². The highest BCUT2D eigenvalue weighted by atomic mass is 35.5. The molecule has 0 radical (unpaired) electrons. The fourth-order valence-corrected chi connectivity index (χ4v) is 2.24. The molecule has 1 heterocycles. The minimum Gasteiger partial charge on any atom is -0.478 e. The molecule has 6 heteroatoms. The molecule has 0 saturated heterocycles. The van der Waals surface area contributed by atoms with E-state index < -0.39 is 5.97 Å². The van der Waals surface area contributed by atoms with Crippen molar-refractivity contribution in [1.29, 1.82) is 0 Å². The molecule has 1 aromatic carbocycles. The van der Waals surface area contributed by atoms with Crippen molar-refractivity contribution in [2.75, 3.05) is 0 Å². The van der Waals surface area contributed by atoms with Crippen molar-refractivity contribution in [2.45, 2.75) is 6.42 Å². The van der Waals surface area contributed by atoms with Crippen LogP contribution in [0.5, 0.6) is 0 Å². The van der Waals surface area contributed by atoms with Crippen molar-refractivity contribution in [3.63, 3.8) is 0 Å². The molecular formula is C10H7ClN2O2S. The average Bonchev–Trinajstić information content (AvgIpc) is 2.64. The summed E-state index contributed by atoms with van der Waals surface area (Å²) in [6.45, 7) is 0. The van der Waals surface area contributed by atoms with Crippen LogP contribution in [0.2, 0.25) is 4.47 Å². The Morgan fingerprint density at radius 1 is 1.38 bits per heavy atom. The summed E-state index contributed by atoms with van der Waals surface area (Å²) >= 11 is 6.91. The molecule has 0 fully saturated rings. The molecule has 16 heavy (non-hydrogen) atoms. The van der Waals surface area contributed by atoms with E-state index >= 15 is 0 Å². The van der Waals surface area contributed by atoms with Gasteiger partial charge in [0.05, 0.1) is 5.56 Å². The van der Waals surface area contributed by atoms with Crippen molar-refractivity contribution >= 4 is 28.9 Å². The van der Waals surface area contributed by atoms with E-state index in [2.05, 4.69) is 10.2 Å². The van der Waals surface area contributed by atoms with E-state index in [1.165, 1.54) is 11.3 Å². The minimum atomic E-state index is -0.939. The Morgan fingerprint density at radius 2 is 2.12 bits per heavy atom. The highest BCUT2D eigenvalue weighted by Gasteiger charge is 2.11. The number of nitrogens with zero attached hydrogens (tertiary/aromatic N) is 2. The third-order valence-electron chi connectivity index (χ3n) is 2.03. The summed E-state index contributed by atoms with van der Waals surface area (Å²) in [7, 11) is 0. The lowest BCUT2D eigenvalue weighted by molar-refractivity contribution is 0.0696. The van der Waals surface area contributed by atoms with Crippen molar-refractivity contribution in [1.82, 2.24) is 10.2 Å². The molecule has 82 valence electrons. The first-order chi connectivity index (χ1) is 7.66. The third kappa shape index (κ3) is 2.37. The van der Waals surface area contributed by atoms with Crippen LogP contribution >= 0.6 is 22.9 Å². The Balaban J connectivity index is 2.31. The third-order valence-corrected chi connectivity index (χ3v) is 3.05. The second-order valence-electron chi connectivity index (χ2n) is 3.09. The number of carboxylic acid groups (broad SMARTS) is 1. The Bertz CT molecular complexity index is 527. The summed E-state index contributed by atoms with van der Waals surface area (Å²) in [6.07, 6.45) is 0.437. The van der Waals surface area contributed by atoms with Crippen molar-refractivity contribution in [3.05, 3.63) is 44.9 Å². The van der Waals surface area contributed by atoms with Crippen molar-refractivity contribution in [3.8, 4) is 0 Å². The van der Waals surface area contributed by atoms with Gasteiger partial charge in [0.1, 0.15) is 5.01 Å². The zero-order valence-corrected chi connectivity index (χ0v) is 9.63. The number of hydrogen-bond donors (Lipinski definition) is 1. The predicted octanol–water partition coefficient (Wildman–Crippen LogP) is 2.48.